The van der Waals surface area contributed by atoms with Gasteiger partial charge < -0.3 is 10.1 Å². The van der Waals surface area contributed by atoms with Gasteiger partial charge >= 0.3 is 5.97 Å². The number of hydrogen-bond acceptors (Lipinski definition) is 3. The van der Waals surface area contributed by atoms with Crippen molar-refractivity contribution in [2.45, 2.75) is 31.7 Å². The molecule has 1 aliphatic carbocycles. The maximum absolute atomic E-state index is 11.8. The first-order chi connectivity index (χ1) is 8.31. The van der Waals surface area contributed by atoms with Crippen LogP contribution in [0.5, 0.6) is 0 Å². The number of carbonyl (C=O) groups excluding carboxylic acids is 1. The summed E-state index contributed by atoms with van der Waals surface area (Å²) in [6, 6.07) is 9.64. The molecule has 0 aliphatic heterocycles. The zero-order chi connectivity index (χ0) is 12.1. The molecule has 0 radical (unpaired) electrons. The van der Waals surface area contributed by atoms with Gasteiger partial charge in [-0.05, 0) is 30.9 Å². The number of nitrogens with one attached hydrogen (secondary N) is 1. The molecule has 1 aliphatic rings. The summed E-state index contributed by atoms with van der Waals surface area (Å²) in [7, 11) is 1.46. The molecule has 2 rings (SSSR count). The fourth-order valence-corrected chi connectivity index (χ4v) is 2.50. The minimum Gasteiger partial charge on any atom is -0.467 e. The molecule has 0 amide bonds. The minimum atomic E-state index is -0.204. The highest BCUT2D eigenvalue weighted by Gasteiger charge is 2.31. The summed E-state index contributed by atoms with van der Waals surface area (Å²) in [5.41, 5.74) is 0.981. The Kier molecular flexibility index (Phi) is 4.02. The quantitative estimate of drug-likeness (QED) is 0.813. The second-order valence-corrected chi connectivity index (χ2v) is 4.56. The van der Waals surface area contributed by atoms with E-state index in [2.05, 4.69) is 5.32 Å². The number of carbonyl (C=O) groups is 1. The summed E-state index contributed by atoms with van der Waals surface area (Å²) in [5.74, 6) is 0.253. The van der Waals surface area contributed by atoms with Crippen LogP contribution in [0.2, 0.25) is 0 Å². The molecule has 3 nitrogen and oxygen atoms in total. The molecule has 1 N–H and O–H groups in total. The topological polar surface area (TPSA) is 38.3 Å². The number of benzene rings is 1. The Bertz CT molecular complexity index is 358. The number of rotatable bonds is 4. The second-order valence-electron chi connectivity index (χ2n) is 4.56. The van der Waals surface area contributed by atoms with E-state index in [1.165, 1.54) is 20.0 Å². The van der Waals surface area contributed by atoms with Crippen LogP contribution in [0.1, 0.15) is 25.7 Å². The molecule has 3 heteroatoms. The van der Waals surface area contributed by atoms with E-state index in [0.717, 1.165) is 18.5 Å². The molecule has 17 heavy (non-hydrogen) atoms. The molecule has 0 bridgehead atoms. The number of para-hydroxylation sites is 1. The Hall–Kier alpha value is -1.51. The fraction of sp³-hybridized carbons (Fsp3) is 0.500. The number of hydrogen-bond donors (Lipinski definition) is 1. The van der Waals surface area contributed by atoms with Crippen molar-refractivity contribution in [1.29, 1.82) is 0 Å². The van der Waals surface area contributed by atoms with Crippen LogP contribution in [-0.4, -0.2) is 19.1 Å². The maximum atomic E-state index is 11.8. The maximum Gasteiger partial charge on any atom is 0.328 e. The average Bonchev–Trinajstić information content (AvgIpc) is 2.90. The lowest BCUT2D eigenvalue weighted by Crippen LogP contribution is -2.36. The SMILES string of the molecule is COC(=O)C(Nc1ccccc1)C1CCCC1. The third-order valence-corrected chi connectivity index (χ3v) is 3.42. The van der Waals surface area contributed by atoms with Crippen LogP contribution in [0, 0.1) is 5.92 Å². The van der Waals surface area contributed by atoms with Gasteiger partial charge in [0.25, 0.3) is 0 Å². The van der Waals surface area contributed by atoms with Gasteiger partial charge in [-0.15, -0.1) is 0 Å². The highest BCUT2D eigenvalue weighted by atomic mass is 16.5. The molecule has 0 heterocycles. The van der Waals surface area contributed by atoms with Crippen LogP contribution < -0.4 is 5.32 Å². The minimum absolute atomic E-state index is 0.152. The Morgan fingerprint density at radius 3 is 2.53 bits per heavy atom. The van der Waals surface area contributed by atoms with Gasteiger partial charge in [0.1, 0.15) is 6.04 Å². The van der Waals surface area contributed by atoms with Gasteiger partial charge in [-0.1, -0.05) is 31.0 Å². The van der Waals surface area contributed by atoms with Gasteiger partial charge in [-0.2, -0.15) is 0 Å². The number of ether oxygens (including phenoxy) is 1. The van der Waals surface area contributed by atoms with Crippen molar-refractivity contribution in [1.82, 2.24) is 0 Å². The third-order valence-electron chi connectivity index (χ3n) is 3.42. The van der Waals surface area contributed by atoms with Crippen molar-refractivity contribution in [3.05, 3.63) is 30.3 Å². The van der Waals surface area contributed by atoms with Crippen molar-refractivity contribution < 1.29 is 9.53 Å². The van der Waals surface area contributed by atoms with Gasteiger partial charge in [0.15, 0.2) is 0 Å². The van der Waals surface area contributed by atoms with E-state index in [1.807, 2.05) is 30.3 Å². The molecule has 1 atom stereocenters. The molecule has 1 saturated carbocycles. The largest absolute Gasteiger partial charge is 0.467 e. The molecule has 1 fully saturated rings. The predicted molar refractivity (Wildman–Crippen MR) is 67.8 cm³/mol. The number of anilines is 1. The monoisotopic (exact) mass is 233 g/mol. The Labute approximate surface area is 102 Å². The lowest BCUT2D eigenvalue weighted by molar-refractivity contribution is -0.142. The number of methoxy groups -OCH3 is 1. The van der Waals surface area contributed by atoms with Crippen molar-refractivity contribution in [2.75, 3.05) is 12.4 Å². The third kappa shape index (κ3) is 2.99. The Balaban J connectivity index is 2.07. The Morgan fingerprint density at radius 2 is 1.94 bits per heavy atom. The highest BCUT2D eigenvalue weighted by Crippen LogP contribution is 2.29. The first kappa shape index (κ1) is 12.0. The molecule has 0 spiro atoms. The van der Waals surface area contributed by atoms with Crippen LogP contribution in [0.4, 0.5) is 5.69 Å². The first-order valence-electron chi connectivity index (χ1n) is 6.20. The molecule has 1 unspecified atom stereocenters. The Morgan fingerprint density at radius 1 is 1.29 bits per heavy atom. The van der Waals surface area contributed by atoms with Crippen molar-refractivity contribution in [3.8, 4) is 0 Å². The van der Waals surface area contributed by atoms with Crippen LogP contribution in [0.3, 0.4) is 0 Å². The smallest absolute Gasteiger partial charge is 0.328 e. The van der Waals surface area contributed by atoms with E-state index < -0.39 is 0 Å². The van der Waals surface area contributed by atoms with Gasteiger partial charge in [0.2, 0.25) is 0 Å². The second kappa shape index (κ2) is 5.71. The van der Waals surface area contributed by atoms with E-state index in [4.69, 9.17) is 4.74 Å². The van der Waals surface area contributed by atoms with Crippen LogP contribution in [-0.2, 0) is 9.53 Å². The highest BCUT2D eigenvalue weighted by molar-refractivity contribution is 5.79. The van der Waals surface area contributed by atoms with Gasteiger partial charge in [0.05, 0.1) is 7.11 Å². The van der Waals surface area contributed by atoms with Crippen molar-refractivity contribution in [3.63, 3.8) is 0 Å². The molecular weight excluding hydrogens is 214 g/mol. The average molecular weight is 233 g/mol. The molecule has 1 aromatic rings. The standard InChI is InChI=1S/C14H19NO2/c1-17-14(16)13(11-7-5-6-8-11)15-12-9-3-2-4-10-12/h2-4,9-11,13,15H,5-8H2,1H3. The van der Waals surface area contributed by atoms with E-state index in [9.17, 15) is 4.79 Å². The first-order valence-corrected chi connectivity index (χ1v) is 6.20. The van der Waals surface area contributed by atoms with Gasteiger partial charge in [0, 0.05) is 5.69 Å². The van der Waals surface area contributed by atoms with E-state index in [-0.39, 0.29) is 12.0 Å². The summed E-state index contributed by atoms with van der Waals surface area (Å²) in [6.07, 6.45) is 4.66. The van der Waals surface area contributed by atoms with Gasteiger partial charge in [-0.25, -0.2) is 4.79 Å². The summed E-state index contributed by atoms with van der Waals surface area (Å²) >= 11 is 0. The summed E-state index contributed by atoms with van der Waals surface area (Å²) < 4.78 is 4.90. The van der Waals surface area contributed by atoms with Crippen molar-refractivity contribution >= 4 is 11.7 Å². The normalized spacial score (nSPS) is 17.7. The number of esters is 1. The summed E-state index contributed by atoms with van der Waals surface area (Å²) in [4.78, 5) is 11.8. The lowest BCUT2D eigenvalue weighted by Gasteiger charge is -2.23. The van der Waals surface area contributed by atoms with Gasteiger partial charge in [-0.3, -0.25) is 0 Å². The molecule has 92 valence electrons. The molecule has 0 aromatic heterocycles. The summed E-state index contributed by atoms with van der Waals surface area (Å²) in [5, 5.41) is 3.30. The van der Waals surface area contributed by atoms with E-state index >= 15 is 0 Å². The predicted octanol–water partition coefficient (Wildman–Crippen LogP) is 2.83. The molecule has 0 saturated heterocycles. The van der Waals surface area contributed by atoms with Crippen LogP contribution in [0.25, 0.3) is 0 Å². The fourth-order valence-electron chi connectivity index (χ4n) is 2.50. The van der Waals surface area contributed by atoms with Crippen LogP contribution >= 0.6 is 0 Å². The van der Waals surface area contributed by atoms with E-state index in [1.54, 1.807) is 0 Å². The lowest BCUT2D eigenvalue weighted by atomic mass is 9.98. The zero-order valence-electron chi connectivity index (χ0n) is 10.2. The summed E-state index contributed by atoms with van der Waals surface area (Å²) in [6.45, 7) is 0. The zero-order valence-corrected chi connectivity index (χ0v) is 10.2. The van der Waals surface area contributed by atoms with Crippen molar-refractivity contribution in [2.24, 2.45) is 5.92 Å². The van der Waals surface area contributed by atoms with E-state index in [0.29, 0.717) is 5.92 Å². The van der Waals surface area contributed by atoms with Crippen LogP contribution in [0.15, 0.2) is 30.3 Å². The molecular formula is C14H19NO2. The molecule has 1 aromatic carbocycles.